The number of nitrogens with zero attached hydrogens (tertiary/aromatic N) is 1. The van der Waals surface area contributed by atoms with E-state index in [9.17, 15) is 4.79 Å². The van der Waals surface area contributed by atoms with Crippen molar-refractivity contribution in [3.63, 3.8) is 0 Å². The molecule has 0 aromatic heterocycles. The minimum atomic E-state index is -0.186. The Kier molecular flexibility index (Phi) is 5.61. The minimum absolute atomic E-state index is 0.00931. The first-order chi connectivity index (χ1) is 5.99. The molecule has 0 aromatic rings. The highest BCUT2D eigenvalue weighted by molar-refractivity contribution is 5.77. The molecule has 2 N–H and O–H groups in total. The lowest BCUT2D eigenvalue weighted by molar-refractivity contribution is -0.252. The third-order valence-corrected chi connectivity index (χ3v) is 1.94. The maximum Gasteiger partial charge on any atom is 0.237 e. The van der Waals surface area contributed by atoms with E-state index in [1.165, 1.54) is 0 Å². The van der Waals surface area contributed by atoms with Crippen LogP contribution in [0.3, 0.4) is 0 Å². The van der Waals surface area contributed by atoms with Crippen LogP contribution >= 0.6 is 0 Å². The lowest BCUT2D eigenvalue weighted by Crippen LogP contribution is -2.41. The Morgan fingerprint density at radius 1 is 1.54 bits per heavy atom. The minimum Gasteiger partial charge on any atom is -0.289 e. The first kappa shape index (κ1) is 12.3. The first-order valence-electron chi connectivity index (χ1n) is 4.23. The second kappa shape index (κ2) is 5.90. The molecule has 78 valence electrons. The van der Waals surface area contributed by atoms with Crippen LogP contribution < -0.4 is 5.43 Å². The van der Waals surface area contributed by atoms with Crippen LogP contribution in [0.25, 0.3) is 0 Å². The third kappa shape index (κ3) is 4.82. The highest BCUT2D eigenvalue weighted by Gasteiger charge is 2.20. The number of hydrogen-bond acceptors (Lipinski definition) is 4. The van der Waals surface area contributed by atoms with Gasteiger partial charge in [0.25, 0.3) is 0 Å². The van der Waals surface area contributed by atoms with Crippen molar-refractivity contribution in [1.82, 2.24) is 10.4 Å². The summed E-state index contributed by atoms with van der Waals surface area (Å²) in [7, 11) is 3.50. The Bertz CT molecular complexity index is 161. The van der Waals surface area contributed by atoms with E-state index in [1.807, 2.05) is 6.92 Å². The molecule has 0 aromatic carbocycles. The fourth-order valence-electron chi connectivity index (χ4n) is 0.843. The number of hydrazine groups is 1. The summed E-state index contributed by atoms with van der Waals surface area (Å²) in [5.41, 5.74) is 2.64. The van der Waals surface area contributed by atoms with Crippen molar-refractivity contribution in [3.05, 3.63) is 0 Å². The summed E-state index contributed by atoms with van der Waals surface area (Å²) in [6.07, 6.45) is 0. The molecule has 13 heavy (non-hydrogen) atoms. The topological polar surface area (TPSA) is 61.8 Å². The van der Waals surface area contributed by atoms with Crippen molar-refractivity contribution in [1.29, 1.82) is 0 Å². The summed E-state index contributed by atoms with van der Waals surface area (Å²) in [4.78, 5) is 15.4. The number of carbonyl (C=O) groups is 1. The summed E-state index contributed by atoms with van der Waals surface area (Å²) in [6, 6.07) is 0. The molecule has 5 nitrogen and oxygen atoms in total. The maximum atomic E-state index is 11.4. The zero-order valence-electron chi connectivity index (χ0n) is 8.57. The van der Waals surface area contributed by atoms with Gasteiger partial charge in [0.1, 0.15) is 0 Å². The number of hydrogen-bond donors (Lipinski definition) is 2. The molecule has 0 heterocycles. The molecule has 0 radical (unpaired) electrons. The quantitative estimate of drug-likeness (QED) is 0.485. The second-order valence-electron chi connectivity index (χ2n) is 3.43. The van der Waals surface area contributed by atoms with Gasteiger partial charge in [-0.1, -0.05) is 13.8 Å². The van der Waals surface area contributed by atoms with Crippen molar-refractivity contribution >= 4 is 5.91 Å². The van der Waals surface area contributed by atoms with E-state index in [0.29, 0.717) is 0 Å². The third-order valence-electron chi connectivity index (χ3n) is 1.94. The standard InChI is InChI=1S/C8H18N2O3/c1-6(5-13-12)7(2)8(11)9-10(3)4/h6-7,12H,5H2,1-4H3,(H,9,11). The number of amides is 1. The summed E-state index contributed by atoms with van der Waals surface area (Å²) in [5, 5.41) is 9.80. The highest BCUT2D eigenvalue weighted by Crippen LogP contribution is 2.10. The van der Waals surface area contributed by atoms with Crippen LogP contribution in [0.5, 0.6) is 0 Å². The van der Waals surface area contributed by atoms with Gasteiger partial charge in [-0.25, -0.2) is 9.90 Å². The number of rotatable bonds is 5. The van der Waals surface area contributed by atoms with E-state index in [-0.39, 0.29) is 24.3 Å². The molecule has 0 aliphatic rings. The van der Waals surface area contributed by atoms with Gasteiger partial charge in [-0.15, -0.1) is 0 Å². The summed E-state index contributed by atoms with van der Waals surface area (Å²) < 4.78 is 0. The van der Waals surface area contributed by atoms with E-state index in [4.69, 9.17) is 5.26 Å². The average molecular weight is 190 g/mol. The van der Waals surface area contributed by atoms with Crippen molar-refractivity contribution < 1.29 is 14.9 Å². The fraction of sp³-hybridized carbons (Fsp3) is 0.875. The Hall–Kier alpha value is -0.650. The lowest BCUT2D eigenvalue weighted by Gasteiger charge is -2.20. The van der Waals surface area contributed by atoms with Crippen molar-refractivity contribution in [2.24, 2.45) is 11.8 Å². The molecule has 0 fully saturated rings. The fourth-order valence-corrected chi connectivity index (χ4v) is 0.843. The van der Waals surface area contributed by atoms with Crippen LogP contribution in [0.4, 0.5) is 0 Å². The van der Waals surface area contributed by atoms with Gasteiger partial charge in [-0.05, 0) is 5.92 Å². The molecule has 0 aliphatic carbocycles. The zero-order valence-corrected chi connectivity index (χ0v) is 8.57. The smallest absolute Gasteiger partial charge is 0.237 e. The molecule has 0 saturated heterocycles. The molecule has 0 rings (SSSR count). The number of nitrogens with one attached hydrogen (secondary N) is 1. The predicted molar refractivity (Wildman–Crippen MR) is 48.7 cm³/mol. The van der Waals surface area contributed by atoms with Crippen LogP contribution in [-0.2, 0) is 9.68 Å². The highest BCUT2D eigenvalue weighted by atomic mass is 17.1. The molecule has 0 saturated carbocycles. The van der Waals surface area contributed by atoms with Crippen LogP contribution in [0.2, 0.25) is 0 Å². The molecule has 1 amide bonds. The SMILES string of the molecule is CC(COO)C(C)C(=O)NN(C)C. The Morgan fingerprint density at radius 2 is 2.08 bits per heavy atom. The summed E-state index contributed by atoms with van der Waals surface area (Å²) >= 11 is 0. The van der Waals surface area contributed by atoms with Gasteiger partial charge in [0, 0.05) is 20.0 Å². The van der Waals surface area contributed by atoms with Gasteiger partial charge in [0.2, 0.25) is 5.91 Å². The summed E-state index contributed by atoms with van der Waals surface area (Å²) in [5.74, 6) is -0.269. The molecule has 2 atom stereocenters. The average Bonchev–Trinajstić information content (AvgIpc) is 2.02. The molecule has 2 unspecified atom stereocenters. The van der Waals surface area contributed by atoms with Gasteiger partial charge < -0.3 is 0 Å². The maximum absolute atomic E-state index is 11.4. The van der Waals surface area contributed by atoms with Gasteiger partial charge in [0.15, 0.2) is 0 Å². The monoisotopic (exact) mass is 190 g/mol. The molecule has 0 bridgehead atoms. The normalized spacial score (nSPS) is 15.5. The number of carbonyl (C=O) groups excluding carboxylic acids is 1. The van der Waals surface area contributed by atoms with Crippen molar-refractivity contribution in [3.8, 4) is 0 Å². The van der Waals surface area contributed by atoms with Crippen LogP contribution in [0, 0.1) is 11.8 Å². The molecular formula is C8H18N2O3. The Morgan fingerprint density at radius 3 is 2.46 bits per heavy atom. The van der Waals surface area contributed by atoms with Gasteiger partial charge in [-0.3, -0.25) is 15.5 Å². The molecule has 0 spiro atoms. The van der Waals surface area contributed by atoms with Crippen molar-refractivity contribution in [2.75, 3.05) is 20.7 Å². The molecule has 5 heteroatoms. The van der Waals surface area contributed by atoms with E-state index in [1.54, 1.807) is 26.0 Å². The summed E-state index contributed by atoms with van der Waals surface area (Å²) in [6.45, 7) is 3.81. The van der Waals surface area contributed by atoms with Gasteiger partial charge >= 0.3 is 0 Å². The Labute approximate surface area is 78.6 Å². The molecule has 0 aliphatic heterocycles. The van der Waals surface area contributed by atoms with Crippen molar-refractivity contribution in [2.45, 2.75) is 13.8 Å². The van der Waals surface area contributed by atoms with Crippen LogP contribution in [0.1, 0.15) is 13.8 Å². The van der Waals surface area contributed by atoms with Crippen LogP contribution in [0.15, 0.2) is 0 Å². The molecular weight excluding hydrogens is 172 g/mol. The van der Waals surface area contributed by atoms with E-state index in [0.717, 1.165) is 0 Å². The van der Waals surface area contributed by atoms with Crippen LogP contribution in [-0.4, -0.2) is 36.9 Å². The second-order valence-corrected chi connectivity index (χ2v) is 3.43. The predicted octanol–water partition coefficient (Wildman–Crippen LogP) is 0.341. The zero-order chi connectivity index (χ0) is 10.4. The van der Waals surface area contributed by atoms with E-state index in [2.05, 4.69) is 10.3 Å². The van der Waals surface area contributed by atoms with Gasteiger partial charge in [-0.2, -0.15) is 0 Å². The van der Waals surface area contributed by atoms with E-state index < -0.39 is 0 Å². The van der Waals surface area contributed by atoms with E-state index >= 15 is 0 Å². The largest absolute Gasteiger partial charge is 0.289 e. The van der Waals surface area contributed by atoms with Gasteiger partial charge in [0.05, 0.1) is 6.61 Å². The Balaban J connectivity index is 3.93. The first-order valence-corrected chi connectivity index (χ1v) is 4.23. The lowest BCUT2D eigenvalue weighted by atomic mass is 9.96.